The van der Waals surface area contributed by atoms with Gasteiger partial charge in [0.05, 0.1) is 17.3 Å². The second-order valence-electron chi connectivity index (χ2n) is 5.46. The van der Waals surface area contributed by atoms with E-state index in [-0.39, 0.29) is 24.1 Å². The topological polar surface area (TPSA) is 81.1 Å². The van der Waals surface area contributed by atoms with Gasteiger partial charge in [-0.15, -0.1) is 17.5 Å². The summed E-state index contributed by atoms with van der Waals surface area (Å²) in [6.07, 6.45) is 1.61. The normalized spacial score (nSPS) is 10.4. The molecule has 2 N–H and O–H groups in total. The van der Waals surface area contributed by atoms with Gasteiger partial charge in [0.15, 0.2) is 0 Å². The maximum absolute atomic E-state index is 12.3. The highest BCUT2D eigenvalue weighted by Gasteiger charge is 2.17. The first-order chi connectivity index (χ1) is 12.2. The van der Waals surface area contributed by atoms with Crippen LogP contribution in [-0.4, -0.2) is 54.0 Å². The van der Waals surface area contributed by atoms with Gasteiger partial charge in [0.2, 0.25) is 5.82 Å². The molecule has 1 heterocycles. The fourth-order valence-electron chi connectivity index (χ4n) is 2.29. The molecule has 0 fully saturated rings. The van der Waals surface area contributed by atoms with E-state index in [9.17, 15) is 4.79 Å². The number of methoxy groups -OCH3 is 1. The Kier molecular flexibility index (Phi) is 10.2. The third-order valence-electron chi connectivity index (χ3n) is 3.50. The molecule has 0 aliphatic heterocycles. The van der Waals surface area contributed by atoms with E-state index in [1.54, 1.807) is 17.9 Å². The molecule has 0 aliphatic carbocycles. The minimum absolute atomic E-state index is 0. The third-order valence-corrected chi connectivity index (χ3v) is 3.82. The van der Waals surface area contributed by atoms with Crippen molar-refractivity contribution in [3.63, 3.8) is 0 Å². The molecule has 1 amide bonds. The summed E-state index contributed by atoms with van der Waals surface area (Å²) < 4.78 is 6.60. The molecule has 9 heteroatoms. The lowest BCUT2D eigenvalue weighted by Crippen LogP contribution is -2.33. The molecular formula is C17H25Cl2N5O2. The Morgan fingerprint density at radius 2 is 2.04 bits per heavy atom. The van der Waals surface area contributed by atoms with Crippen molar-refractivity contribution in [1.82, 2.24) is 25.4 Å². The van der Waals surface area contributed by atoms with Crippen LogP contribution in [0, 0.1) is 0 Å². The molecule has 0 saturated carbocycles. The van der Waals surface area contributed by atoms with Crippen LogP contribution in [0.25, 0.3) is 5.69 Å². The van der Waals surface area contributed by atoms with Crippen LogP contribution in [0.15, 0.2) is 24.3 Å². The van der Waals surface area contributed by atoms with E-state index in [2.05, 4.69) is 27.6 Å². The average molecular weight is 402 g/mol. The van der Waals surface area contributed by atoms with Crippen LogP contribution in [0.2, 0.25) is 5.02 Å². The third kappa shape index (κ3) is 6.25. The zero-order chi connectivity index (χ0) is 18.1. The van der Waals surface area contributed by atoms with E-state index in [1.165, 1.54) is 0 Å². The molecule has 7 nitrogen and oxygen atoms in total. The van der Waals surface area contributed by atoms with Crippen LogP contribution >= 0.6 is 24.0 Å². The second kappa shape index (κ2) is 11.9. The van der Waals surface area contributed by atoms with Crippen LogP contribution in [0.1, 0.15) is 29.8 Å². The first kappa shape index (κ1) is 22.4. The predicted octanol–water partition coefficient (Wildman–Crippen LogP) is 2.26. The molecule has 0 spiro atoms. The molecule has 2 rings (SSSR count). The number of ether oxygens (including phenoxy) is 1. The van der Waals surface area contributed by atoms with Crippen molar-refractivity contribution in [2.75, 3.05) is 33.4 Å². The van der Waals surface area contributed by atoms with Crippen molar-refractivity contribution in [1.29, 1.82) is 0 Å². The Bertz CT molecular complexity index is 694. The van der Waals surface area contributed by atoms with Gasteiger partial charge in [-0.1, -0.05) is 30.7 Å². The molecule has 0 saturated heterocycles. The summed E-state index contributed by atoms with van der Waals surface area (Å²) in [7, 11) is 1.65. The SMILES string of the molecule is CCCc1nc(C(=O)NCCNCCOC)nn1-c1ccccc1Cl.Cl. The minimum Gasteiger partial charge on any atom is -0.383 e. The molecule has 1 aromatic heterocycles. The monoisotopic (exact) mass is 401 g/mol. The largest absolute Gasteiger partial charge is 0.383 e. The summed E-state index contributed by atoms with van der Waals surface area (Å²) in [6.45, 7) is 4.58. The lowest BCUT2D eigenvalue weighted by Gasteiger charge is -2.06. The molecular weight excluding hydrogens is 377 g/mol. The Balaban J connectivity index is 0.00000338. The molecule has 2 aromatic rings. The number of benzene rings is 1. The van der Waals surface area contributed by atoms with Crippen LogP contribution in [0.5, 0.6) is 0 Å². The number of hydrogen-bond acceptors (Lipinski definition) is 5. The predicted molar refractivity (Wildman–Crippen MR) is 105 cm³/mol. The van der Waals surface area contributed by atoms with Gasteiger partial charge in [-0.05, 0) is 18.6 Å². The highest BCUT2D eigenvalue weighted by Crippen LogP contribution is 2.21. The quantitative estimate of drug-likeness (QED) is 0.596. The Hall–Kier alpha value is -1.67. The minimum atomic E-state index is -0.295. The maximum Gasteiger partial charge on any atom is 0.291 e. The summed E-state index contributed by atoms with van der Waals surface area (Å²) in [4.78, 5) is 16.7. The zero-order valence-corrected chi connectivity index (χ0v) is 16.6. The number of nitrogens with one attached hydrogen (secondary N) is 2. The fraction of sp³-hybridized carbons (Fsp3) is 0.471. The summed E-state index contributed by atoms with van der Waals surface area (Å²) in [5.74, 6) is 0.580. The number of carbonyl (C=O) groups is 1. The van der Waals surface area contributed by atoms with Crippen molar-refractivity contribution in [3.8, 4) is 5.69 Å². The van der Waals surface area contributed by atoms with E-state index in [0.717, 1.165) is 24.5 Å². The first-order valence-corrected chi connectivity index (χ1v) is 8.73. The number of hydrogen-bond donors (Lipinski definition) is 2. The van der Waals surface area contributed by atoms with Crippen LogP contribution in [0.4, 0.5) is 0 Å². The highest BCUT2D eigenvalue weighted by atomic mass is 35.5. The lowest BCUT2D eigenvalue weighted by molar-refractivity contribution is 0.0943. The van der Waals surface area contributed by atoms with Gasteiger partial charge in [0, 0.05) is 33.2 Å². The Morgan fingerprint density at radius 1 is 1.27 bits per heavy atom. The Morgan fingerprint density at radius 3 is 2.73 bits per heavy atom. The van der Waals surface area contributed by atoms with Crippen LogP contribution in [-0.2, 0) is 11.2 Å². The number of halogens is 2. The van der Waals surface area contributed by atoms with Crippen LogP contribution in [0.3, 0.4) is 0 Å². The van der Waals surface area contributed by atoms with Crippen molar-refractivity contribution >= 4 is 29.9 Å². The van der Waals surface area contributed by atoms with Crippen molar-refractivity contribution in [2.24, 2.45) is 0 Å². The zero-order valence-electron chi connectivity index (χ0n) is 15.0. The van der Waals surface area contributed by atoms with Gasteiger partial charge in [0.1, 0.15) is 5.82 Å². The van der Waals surface area contributed by atoms with Gasteiger partial charge in [-0.2, -0.15) is 0 Å². The number of aryl methyl sites for hydroxylation is 1. The number of amides is 1. The summed E-state index contributed by atoms with van der Waals surface area (Å²) in [5, 5.41) is 10.9. The lowest BCUT2D eigenvalue weighted by atomic mass is 10.3. The first-order valence-electron chi connectivity index (χ1n) is 8.36. The van der Waals surface area contributed by atoms with Crippen molar-refractivity contribution < 1.29 is 9.53 Å². The summed E-state index contributed by atoms with van der Waals surface area (Å²) >= 11 is 6.26. The fourth-order valence-corrected chi connectivity index (χ4v) is 2.50. The number of aromatic nitrogens is 3. The van der Waals surface area contributed by atoms with Crippen molar-refractivity contribution in [3.05, 3.63) is 40.9 Å². The number of nitrogens with zero attached hydrogens (tertiary/aromatic N) is 3. The molecule has 1 aromatic carbocycles. The van der Waals surface area contributed by atoms with E-state index in [1.807, 2.05) is 18.2 Å². The number of para-hydroxylation sites is 1. The van der Waals surface area contributed by atoms with Gasteiger partial charge in [-0.3, -0.25) is 4.79 Å². The molecule has 0 bridgehead atoms. The van der Waals surface area contributed by atoms with Gasteiger partial charge in [0.25, 0.3) is 5.91 Å². The van der Waals surface area contributed by atoms with Crippen LogP contribution < -0.4 is 10.6 Å². The molecule has 0 atom stereocenters. The Labute approximate surface area is 164 Å². The van der Waals surface area contributed by atoms with Gasteiger partial charge < -0.3 is 15.4 Å². The molecule has 0 aliphatic rings. The van der Waals surface area contributed by atoms with E-state index in [4.69, 9.17) is 16.3 Å². The number of carbonyl (C=O) groups excluding carboxylic acids is 1. The van der Waals surface area contributed by atoms with E-state index in [0.29, 0.717) is 31.1 Å². The van der Waals surface area contributed by atoms with Gasteiger partial charge >= 0.3 is 0 Å². The smallest absolute Gasteiger partial charge is 0.291 e. The highest BCUT2D eigenvalue weighted by molar-refractivity contribution is 6.32. The summed E-state index contributed by atoms with van der Waals surface area (Å²) in [6, 6.07) is 7.38. The number of rotatable bonds is 10. The molecule has 0 radical (unpaired) electrons. The van der Waals surface area contributed by atoms with Gasteiger partial charge in [-0.25, -0.2) is 9.67 Å². The molecule has 26 heavy (non-hydrogen) atoms. The standard InChI is InChI=1S/C17H24ClN5O2.ClH/c1-3-6-15-21-16(17(24)20-10-9-19-11-12-25-2)22-23(15)14-8-5-4-7-13(14)18;/h4-5,7-8,19H,3,6,9-12H2,1-2H3,(H,20,24);1H. The molecule has 144 valence electrons. The average Bonchev–Trinajstić information content (AvgIpc) is 3.02. The molecule has 0 unspecified atom stereocenters. The maximum atomic E-state index is 12.3. The van der Waals surface area contributed by atoms with E-state index < -0.39 is 0 Å². The van der Waals surface area contributed by atoms with Crippen molar-refractivity contribution in [2.45, 2.75) is 19.8 Å². The van der Waals surface area contributed by atoms with E-state index >= 15 is 0 Å². The summed E-state index contributed by atoms with van der Waals surface area (Å²) in [5.41, 5.74) is 0.723. The second-order valence-corrected chi connectivity index (χ2v) is 5.87.